The first kappa shape index (κ1) is 24.8. The maximum atomic E-state index is 14.5. The minimum atomic E-state index is -5.08. The van der Waals surface area contributed by atoms with Crippen LogP contribution in [0.25, 0.3) is 0 Å². The molecule has 3 N–H and O–H groups in total. The van der Waals surface area contributed by atoms with Crippen molar-refractivity contribution in [2.75, 3.05) is 13.7 Å². The Kier molecular flexibility index (Phi) is 9.02. The Morgan fingerprint density at radius 3 is 2.39 bits per heavy atom. The lowest BCUT2D eigenvalue weighted by atomic mass is 9.86. The Labute approximate surface area is 177 Å². The molecule has 7 nitrogen and oxygen atoms in total. The zero-order valence-electron chi connectivity index (χ0n) is 17.2. The summed E-state index contributed by atoms with van der Waals surface area (Å²) in [4.78, 5) is 25.4. The minimum Gasteiger partial charge on any atom is -0.481 e. The zero-order valence-corrected chi connectivity index (χ0v) is 17.2. The molecule has 1 atom stereocenters. The van der Waals surface area contributed by atoms with Crippen LogP contribution >= 0.6 is 0 Å². The van der Waals surface area contributed by atoms with E-state index in [-0.39, 0.29) is 30.2 Å². The molecule has 0 bridgehead atoms. The number of amides is 1. The van der Waals surface area contributed by atoms with E-state index in [4.69, 9.17) is 14.6 Å². The number of halogens is 4. The van der Waals surface area contributed by atoms with Gasteiger partial charge in [0, 0.05) is 18.0 Å². The third-order valence-corrected chi connectivity index (χ3v) is 5.30. The molecule has 0 aromatic carbocycles. The fourth-order valence-electron chi connectivity index (χ4n) is 3.70. The van der Waals surface area contributed by atoms with Gasteiger partial charge in [-0.1, -0.05) is 19.3 Å². The topological polar surface area (TPSA) is 101 Å². The highest BCUT2D eigenvalue weighted by Crippen LogP contribution is 2.34. The van der Waals surface area contributed by atoms with Gasteiger partial charge in [-0.3, -0.25) is 4.79 Å². The normalized spacial score (nSPS) is 19.3. The van der Waals surface area contributed by atoms with Crippen molar-refractivity contribution < 1.29 is 37.0 Å². The second kappa shape index (κ2) is 11.3. The van der Waals surface area contributed by atoms with Gasteiger partial charge < -0.3 is 20.5 Å². The fourth-order valence-corrected chi connectivity index (χ4v) is 3.70. The first-order valence-corrected chi connectivity index (χ1v) is 10.2. The molecule has 1 saturated heterocycles. The van der Waals surface area contributed by atoms with E-state index in [2.05, 4.69) is 15.6 Å². The van der Waals surface area contributed by atoms with Crippen molar-refractivity contribution in [2.24, 2.45) is 0 Å². The summed E-state index contributed by atoms with van der Waals surface area (Å²) in [7, 11) is 1.54. The van der Waals surface area contributed by atoms with Crippen LogP contribution in [0.1, 0.15) is 62.1 Å². The minimum absolute atomic E-state index is 0.0497. The molecule has 1 aliphatic heterocycles. The molecule has 3 rings (SSSR count). The van der Waals surface area contributed by atoms with E-state index in [1.54, 1.807) is 0 Å². The molecule has 0 radical (unpaired) electrons. The van der Waals surface area contributed by atoms with Crippen molar-refractivity contribution in [3.8, 4) is 5.88 Å². The van der Waals surface area contributed by atoms with Gasteiger partial charge in [0.25, 0.3) is 0 Å². The fraction of sp³-hybridized carbons (Fsp3) is 0.650. The predicted molar refractivity (Wildman–Crippen MR) is 103 cm³/mol. The van der Waals surface area contributed by atoms with Gasteiger partial charge in [0.1, 0.15) is 5.82 Å². The molecule has 2 heterocycles. The smallest absolute Gasteiger partial charge is 0.481 e. The standard InChI is InChI=1S/C18H26FN3O2.C2HF3O2/c1-24-18-13(11-21-17(23)15-8-5-9-20-15)10-14(19)16(22-18)12-6-3-2-4-7-12;3-2(4,5)1(6)7/h10,12,15,20H,2-9,11H2,1H3,(H,21,23);(H,6,7)/t15-;/m0./s1. The number of methoxy groups -OCH3 is 1. The quantitative estimate of drug-likeness (QED) is 0.597. The largest absolute Gasteiger partial charge is 0.490 e. The van der Waals surface area contributed by atoms with Crippen LogP contribution in [0.4, 0.5) is 17.6 Å². The van der Waals surface area contributed by atoms with Gasteiger partial charge in [-0.2, -0.15) is 13.2 Å². The Morgan fingerprint density at radius 2 is 1.87 bits per heavy atom. The van der Waals surface area contributed by atoms with Crippen molar-refractivity contribution >= 4 is 11.9 Å². The van der Waals surface area contributed by atoms with E-state index in [1.165, 1.54) is 19.6 Å². The third kappa shape index (κ3) is 7.34. The van der Waals surface area contributed by atoms with Crippen LogP contribution in [0.2, 0.25) is 0 Å². The molecule has 0 spiro atoms. The van der Waals surface area contributed by atoms with E-state index in [0.717, 1.165) is 45.1 Å². The highest BCUT2D eigenvalue weighted by atomic mass is 19.4. The summed E-state index contributed by atoms with van der Waals surface area (Å²) in [6.07, 6.45) is 2.20. The third-order valence-electron chi connectivity index (χ3n) is 5.30. The molecular formula is C20H27F4N3O4. The van der Waals surface area contributed by atoms with Crippen molar-refractivity contribution in [1.29, 1.82) is 0 Å². The maximum Gasteiger partial charge on any atom is 0.490 e. The summed E-state index contributed by atoms with van der Waals surface area (Å²) in [5.41, 5.74) is 1.10. The van der Waals surface area contributed by atoms with E-state index in [0.29, 0.717) is 17.1 Å². The number of alkyl halides is 3. The first-order valence-electron chi connectivity index (χ1n) is 10.2. The number of carbonyl (C=O) groups is 2. The molecule has 1 aromatic rings. The van der Waals surface area contributed by atoms with Crippen LogP contribution in [-0.2, 0) is 16.1 Å². The lowest BCUT2D eigenvalue weighted by Crippen LogP contribution is -2.40. The van der Waals surface area contributed by atoms with E-state index in [9.17, 15) is 22.4 Å². The number of aromatic nitrogens is 1. The highest BCUT2D eigenvalue weighted by Gasteiger charge is 2.38. The number of ether oxygens (including phenoxy) is 1. The Balaban J connectivity index is 0.000000423. The van der Waals surface area contributed by atoms with E-state index in [1.807, 2.05) is 0 Å². The monoisotopic (exact) mass is 449 g/mol. The van der Waals surface area contributed by atoms with Crippen molar-refractivity contribution in [1.82, 2.24) is 15.6 Å². The van der Waals surface area contributed by atoms with Crippen LogP contribution in [-0.4, -0.2) is 47.8 Å². The number of carboxylic acids is 1. The first-order chi connectivity index (χ1) is 14.6. The number of rotatable bonds is 5. The maximum absolute atomic E-state index is 14.5. The van der Waals surface area contributed by atoms with Crippen LogP contribution < -0.4 is 15.4 Å². The van der Waals surface area contributed by atoms with E-state index >= 15 is 0 Å². The second-order valence-electron chi connectivity index (χ2n) is 7.53. The summed E-state index contributed by atoms with van der Waals surface area (Å²) >= 11 is 0. The molecule has 11 heteroatoms. The van der Waals surface area contributed by atoms with Gasteiger partial charge in [0.2, 0.25) is 11.8 Å². The molecule has 1 aliphatic carbocycles. The number of hydrogen-bond donors (Lipinski definition) is 3. The summed E-state index contributed by atoms with van der Waals surface area (Å²) in [6.45, 7) is 1.10. The van der Waals surface area contributed by atoms with Gasteiger partial charge >= 0.3 is 12.1 Å². The molecule has 2 fully saturated rings. The lowest BCUT2D eigenvalue weighted by Gasteiger charge is -2.22. The predicted octanol–water partition coefficient (Wildman–Crippen LogP) is 3.28. The molecule has 174 valence electrons. The Morgan fingerprint density at radius 1 is 1.23 bits per heavy atom. The molecule has 1 aromatic heterocycles. The summed E-state index contributed by atoms with van der Waals surface area (Å²) in [5, 5.41) is 13.1. The summed E-state index contributed by atoms with van der Waals surface area (Å²) in [5.74, 6) is -2.50. The summed E-state index contributed by atoms with van der Waals surface area (Å²) in [6, 6.07) is 1.33. The van der Waals surface area contributed by atoms with Gasteiger partial charge in [-0.05, 0) is 38.3 Å². The lowest BCUT2D eigenvalue weighted by molar-refractivity contribution is -0.192. The van der Waals surface area contributed by atoms with E-state index < -0.39 is 12.1 Å². The zero-order chi connectivity index (χ0) is 23.0. The number of pyridine rings is 1. The van der Waals surface area contributed by atoms with Crippen LogP contribution in [0.5, 0.6) is 5.88 Å². The molecule has 1 amide bonds. The van der Waals surface area contributed by atoms with Crippen molar-refractivity contribution in [3.05, 3.63) is 23.1 Å². The number of hydrogen-bond acceptors (Lipinski definition) is 5. The molecule has 2 aliphatic rings. The second-order valence-corrected chi connectivity index (χ2v) is 7.53. The number of nitrogens with one attached hydrogen (secondary N) is 2. The molecule has 31 heavy (non-hydrogen) atoms. The number of carboxylic acid groups (broad SMARTS) is 1. The van der Waals surface area contributed by atoms with Crippen molar-refractivity contribution in [2.45, 2.75) is 69.6 Å². The Hall–Kier alpha value is -2.43. The number of nitrogens with zero attached hydrogens (tertiary/aromatic N) is 1. The van der Waals surface area contributed by atoms with Gasteiger partial charge in [0.15, 0.2) is 0 Å². The molecular weight excluding hydrogens is 422 g/mol. The van der Waals surface area contributed by atoms with Gasteiger partial charge in [-0.15, -0.1) is 0 Å². The Bertz CT molecular complexity index is 762. The van der Waals surface area contributed by atoms with Crippen LogP contribution in [0, 0.1) is 5.82 Å². The highest BCUT2D eigenvalue weighted by molar-refractivity contribution is 5.82. The average molecular weight is 449 g/mol. The average Bonchev–Trinajstić information content (AvgIpc) is 3.27. The van der Waals surface area contributed by atoms with Crippen LogP contribution in [0.3, 0.4) is 0 Å². The van der Waals surface area contributed by atoms with Gasteiger partial charge in [0.05, 0.1) is 18.8 Å². The molecule has 1 saturated carbocycles. The molecule has 0 unspecified atom stereocenters. The van der Waals surface area contributed by atoms with Gasteiger partial charge in [-0.25, -0.2) is 14.2 Å². The SMILES string of the molecule is COc1nc(C2CCCCC2)c(F)cc1CNC(=O)[C@@H]1CCCN1.O=C(O)C(F)(F)F. The van der Waals surface area contributed by atoms with Crippen LogP contribution in [0.15, 0.2) is 6.07 Å². The summed E-state index contributed by atoms with van der Waals surface area (Å²) < 4.78 is 51.6. The van der Waals surface area contributed by atoms with Crippen molar-refractivity contribution in [3.63, 3.8) is 0 Å². The number of aliphatic carboxylic acids is 1. The number of carbonyl (C=O) groups excluding carboxylic acids is 1.